The molecular weight excluding hydrogens is 326 g/mol. The molecule has 0 unspecified atom stereocenters. The van der Waals surface area contributed by atoms with Crippen LogP contribution in [-0.4, -0.2) is 0 Å². The van der Waals surface area contributed by atoms with Gasteiger partial charge in [-0.2, -0.15) is 0 Å². The summed E-state index contributed by atoms with van der Waals surface area (Å²) < 4.78 is 1.13. The maximum Gasteiger partial charge on any atom is 0.0543 e. The highest BCUT2D eigenvalue weighted by atomic mass is 79.9. The van der Waals surface area contributed by atoms with Crippen LogP contribution in [0.15, 0.2) is 39.0 Å². The van der Waals surface area contributed by atoms with Crippen molar-refractivity contribution in [1.29, 1.82) is 0 Å². The Kier molecular flexibility index (Phi) is 4.19. The topological polar surface area (TPSA) is 26.0 Å². The van der Waals surface area contributed by atoms with Gasteiger partial charge in [-0.3, -0.25) is 0 Å². The number of nitrogens with two attached hydrogens (primary N) is 1. The number of halogens is 2. The Morgan fingerprint density at radius 3 is 2.88 bits per heavy atom. The highest BCUT2D eigenvalue weighted by molar-refractivity contribution is 9.10. The molecule has 0 spiro atoms. The van der Waals surface area contributed by atoms with Gasteiger partial charge in [0, 0.05) is 31.1 Å². The van der Waals surface area contributed by atoms with Crippen molar-refractivity contribution in [2.75, 3.05) is 5.73 Å². The molecule has 0 aliphatic rings. The second-order valence-electron chi connectivity index (χ2n) is 3.21. The van der Waals surface area contributed by atoms with Gasteiger partial charge < -0.3 is 5.73 Å². The highest BCUT2D eigenvalue weighted by Gasteiger charge is 2.04. The van der Waals surface area contributed by atoms with Gasteiger partial charge in [0.05, 0.1) is 5.02 Å². The van der Waals surface area contributed by atoms with E-state index in [9.17, 15) is 0 Å². The summed E-state index contributed by atoms with van der Waals surface area (Å²) in [6.07, 6.45) is 0. The average Bonchev–Trinajstić information content (AvgIpc) is 2.66. The van der Waals surface area contributed by atoms with E-state index in [0.29, 0.717) is 0 Å². The molecule has 1 aromatic carbocycles. The van der Waals surface area contributed by atoms with Crippen molar-refractivity contribution in [3.63, 3.8) is 0 Å². The van der Waals surface area contributed by atoms with Crippen molar-refractivity contribution in [2.24, 2.45) is 0 Å². The molecule has 84 valence electrons. The van der Waals surface area contributed by atoms with Crippen molar-refractivity contribution < 1.29 is 0 Å². The van der Waals surface area contributed by atoms with Gasteiger partial charge in [0.15, 0.2) is 0 Å². The standard InChI is InChI=1S/C11H9BrClNS2/c12-7-3-9(15-5-7)6-16-11-4-8(14)1-2-10(11)13/h1-5H,6,14H2. The van der Waals surface area contributed by atoms with Crippen LogP contribution in [0.3, 0.4) is 0 Å². The Balaban J connectivity index is 2.07. The molecule has 0 saturated carbocycles. The monoisotopic (exact) mass is 333 g/mol. The van der Waals surface area contributed by atoms with Gasteiger partial charge in [-0.1, -0.05) is 11.6 Å². The maximum absolute atomic E-state index is 6.09. The van der Waals surface area contributed by atoms with E-state index in [0.717, 1.165) is 25.8 Å². The zero-order valence-electron chi connectivity index (χ0n) is 8.24. The summed E-state index contributed by atoms with van der Waals surface area (Å²) in [7, 11) is 0. The number of anilines is 1. The first kappa shape index (κ1) is 12.3. The van der Waals surface area contributed by atoms with Gasteiger partial charge in [0.1, 0.15) is 0 Å². The molecule has 1 aromatic heterocycles. The maximum atomic E-state index is 6.09. The molecule has 0 radical (unpaired) electrons. The molecule has 0 amide bonds. The Hall–Kier alpha value is -0.160. The van der Waals surface area contributed by atoms with E-state index in [1.807, 2.05) is 18.2 Å². The third-order valence-electron chi connectivity index (χ3n) is 1.95. The number of hydrogen-bond donors (Lipinski definition) is 1. The van der Waals surface area contributed by atoms with Crippen LogP contribution in [0.2, 0.25) is 5.02 Å². The molecule has 16 heavy (non-hydrogen) atoms. The molecule has 0 aliphatic carbocycles. The first-order valence-corrected chi connectivity index (χ1v) is 7.59. The Bertz CT molecular complexity index is 498. The summed E-state index contributed by atoms with van der Waals surface area (Å²) in [5, 5.41) is 2.84. The summed E-state index contributed by atoms with van der Waals surface area (Å²) in [6.45, 7) is 0. The van der Waals surface area contributed by atoms with Crippen molar-refractivity contribution in [3.8, 4) is 0 Å². The summed E-state index contributed by atoms with van der Waals surface area (Å²) in [5.41, 5.74) is 6.47. The number of hydrogen-bond acceptors (Lipinski definition) is 3. The molecule has 2 N–H and O–H groups in total. The largest absolute Gasteiger partial charge is 0.399 e. The van der Waals surface area contributed by atoms with Gasteiger partial charge in [0.25, 0.3) is 0 Å². The van der Waals surface area contributed by atoms with Crippen LogP contribution in [0, 0.1) is 0 Å². The highest BCUT2D eigenvalue weighted by Crippen LogP contribution is 2.33. The molecule has 2 rings (SSSR count). The quantitative estimate of drug-likeness (QED) is 0.628. The molecular formula is C11H9BrClNS2. The number of thioether (sulfide) groups is 1. The minimum absolute atomic E-state index is 0.749. The first-order chi connectivity index (χ1) is 7.65. The zero-order valence-corrected chi connectivity index (χ0v) is 12.2. The van der Waals surface area contributed by atoms with E-state index in [1.54, 1.807) is 23.1 Å². The van der Waals surface area contributed by atoms with E-state index in [4.69, 9.17) is 17.3 Å². The zero-order chi connectivity index (χ0) is 11.5. The molecule has 0 atom stereocenters. The van der Waals surface area contributed by atoms with E-state index in [2.05, 4.69) is 27.4 Å². The first-order valence-electron chi connectivity index (χ1n) is 4.56. The van der Waals surface area contributed by atoms with Gasteiger partial charge >= 0.3 is 0 Å². The summed E-state index contributed by atoms with van der Waals surface area (Å²) in [6, 6.07) is 7.69. The number of thiophene rings is 1. The van der Waals surface area contributed by atoms with Crippen LogP contribution >= 0.6 is 50.6 Å². The fraction of sp³-hybridized carbons (Fsp3) is 0.0909. The van der Waals surface area contributed by atoms with E-state index >= 15 is 0 Å². The lowest BCUT2D eigenvalue weighted by Gasteiger charge is -2.03. The van der Waals surface area contributed by atoms with Crippen LogP contribution in [0.25, 0.3) is 0 Å². The molecule has 0 bridgehead atoms. The SMILES string of the molecule is Nc1ccc(Cl)c(SCc2cc(Br)cs2)c1. The lowest BCUT2D eigenvalue weighted by atomic mass is 10.3. The average molecular weight is 335 g/mol. The van der Waals surface area contributed by atoms with Crippen LogP contribution in [0.1, 0.15) is 4.88 Å². The van der Waals surface area contributed by atoms with E-state index < -0.39 is 0 Å². The predicted molar refractivity (Wildman–Crippen MR) is 77.4 cm³/mol. The minimum Gasteiger partial charge on any atom is -0.399 e. The summed E-state index contributed by atoms with van der Waals surface area (Å²) in [4.78, 5) is 2.35. The van der Waals surface area contributed by atoms with Crippen LogP contribution in [0.5, 0.6) is 0 Å². The third-order valence-corrected chi connectivity index (χ3v) is 5.37. The van der Waals surface area contributed by atoms with Crippen molar-refractivity contribution in [2.45, 2.75) is 10.6 Å². The molecule has 1 heterocycles. The lowest BCUT2D eigenvalue weighted by molar-refractivity contribution is 1.43. The smallest absolute Gasteiger partial charge is 0.0543 e. The molecule has 5 heteroatoms. The predicted octanol–water partition coefficient (Wildman–Crippen LogP) is 5.04. The normalized spacial score (nSPS) is 10.6. The van der Waals surface area contributed by atoms with Crippen molar-refractivity contribution >= 4 is 56.3 Å². The van der Waals surface area contributed by atoms with Gasteiger partial charge in [-0.15, -0.1) is 23.1 Å². The second-order valence-corrected chi connectivity index (χ2v) is 6.55. The van der Waals surface area contributed by atoms with Gasteiger partial charge in [-0.25, -0.2) is 0 Å². The number of benzene rings is 1. The fourth-order valence-electron chi connectivity index (χ4n) is 1.21. The van der Waals surface area contributed by atoms with Crippen LogP contribution in [-0.2, 0) is 5.75 Å². The summed E-state index contributed by atoms with van der Waals surface area (Å²) >= 11 is 13.0. The molecule has 0 aliphatic heterocycles. The fourth-order valence-corrected chi connectivity index (χ4v) is 3.98. The number of nitrogen functional groups attached to an aromatic ring is 1. The van der Waals surface area contributed by atoms with Gasteiger partial charge in [-0.05, 0) is 40.2 Å². The Labute approximate surface area is 116 Å². The van der Waals surface area contributed by atoms with E-state index in [-0.39, 0.29) is 0 Å². The van der Waals surface area contributed by atoms with Crippen LogP contribution in [0.4, 0.5) is 5.69 Å². The molecule has 1 nitrogen and oxygen atoms in total. The third kappa shape index (κ3) is 3.17. The van der Waals surface area contributed by atoms with Crippen molar-refractivity contribution in [1.82, 2.24) is 0 Å². The lowest BCUT2D eigenvalue weighted by Crippen LogP contribution is -1.85. The van der Waals surface area contributed by atoms with Crippen LogP contribution < -0.4 is 5.73 Å². The molecule has 0 saturated heterocycles. The number of rotatable bonds is 3. The summed E-state index contributed by atoms with van der Waals surface area (Å²) in [5.74, 6) is 0.916. The second kappa shape index (κ2) is 5.45. The Morgan fingerprint density at radius 1 is 1.38 bits per heavy atom. The van der Waals surface area contributed by atoms with Gasteiger partial charge in [0.2, 0.25) is 0 Å². The minimum atomic E-state index is 0.749. The molecule has 0 fully saturated rings. The Morgan fingerprint density at radius 2 is 2.19 bits per heavy atom. The molecule has 2 aromatic rings. The van der Waals surface area contributed by atoms with Crippen molar-refractivity contribution in [3.05, 3.63) is 44.0 Å². The van der Waals surface area contributed by atoms with E-state index in [1.165, 1.54) is 4.88 Å².